The largest absolute Gasteiger partial charge is 0.458 e. The summed E-state index contributed by atoms with van der Waals surface area (Å²) in [5.41, 5.74) is 0.439. The number of rotatable bonds is 2. The highest BCUT2D eigenvalue weighted by molar-refractivity contribution is 5.89. The lowest BCUT2D eigenvalue weighted by Crippen LogP contribution is -2.24. The Kier molecular flexibility index (Phi) is 2.61. The number of benzene rings is 1. The molecule has 2 saturated carbocycles. The normalized spacial score (nSPS) is 30.5. The van der Waals surface area contributed by atoms with Crippen LogP contribution in [0.25, 0.3) is 0 Å². The van der Waals surface area contributed by atoms with Gasteiger partial charge < -0.3 is 4.74 Å². The van der Waals surface area contributed by atoms with Gasteiger partial charge in [0, 0.05) is 0 Å². The highest BCUT2D eigenvalue weighted by Gasteiger charge is 2.41. The van der Waals surface area contributed by atoms with Crippen LogP contribution < -0.4 is 0 Å². The molecule has 2 aliphatic carbocycles. The van der Waals surface area contributed by atoms with E-state index in [1.165, 1.54) is 43.5 Å². The third-order valence-electron chi connectivity index (χ3n) is 4.01. The maximum atomic E-state index is 12.7. The fourth-order valence-electron chi connectivity index (χ4n) is 3.12. The van der Waals surface area contributed by atoms with Crippen LogP contribution in [0, 0.1) is 17.7 Å². The van der Waals surface area contributed by atoms with Crippen LogP contribution in [0.5, 0.6) is 0 Å². The molecule has 0 amide bonds. The second-order valence-electron chi connectivity index (χ2n) is 5.13. The molecule has 0 saturated heterocycles. The zero-order chi connectivity index (χ0) is 11.8. The Balaban J connectivity index is 1.65. The van der Waals surface area contributed by atoms with Gasteiger partial charge in [0.1, 0.15) is 11.9 Å². The molecule has 3 rings (SSSR count). The van der Waals surface area contributed by atoms with Crippen molar-refractivity contribution in [3.05, 3.63) is 35.6 Å². The lowest BCUT2D eigenvalue weighted by molar-refractivity contribution is 0.0158. The van der Waals surface area contributed by atoms with Gasteiger partial charge in [-0.1, -0.05) is 0 Å². The first-order chi connectivity index (χ1) is 8.22. The SMILES string of the molecule is O=C(OC1CC2CCC1C2)c1ccc(F)cc1. The molecule has 17 heavy (non-hydrogen) atoms. The van der Waals surface area contributed by atoms with Crippen molar-refractivity contribution in [3.63, 3.8) is 0 Å². The summed E-state index contributed by atoms with van der Waals surface area (Å²) < 4.78 is 18.2. The van der Waals surface area contributed by atoms with Crippen LogP contribution in [-0.4, -0.2) is 12.1 Å². The van der Waals surface area contributed by atoms with Crippen molar-refractivity contribution in [1.82, 2.24) is 0 Å². The lowest BCUT2D eigenvalue weighted by Gasteiger charge is -2.21. The molecular weight excluding hydrogens is 219 g/mol. The van der Waals surface area contributed by atoms with Gasteiger partial charge >= 0.3 is 5.97 Å². The molecule has 3 atom stereocenters. The van der Waals surface area contributed by atoms with Crippen molar-refractivity contribution >= 4 is 5.97 Å². The molecule has 2 bridgehead atoms. The van der Waals surface area contributed by atoms with Crippen molar-refractivity contribution in [2.24, 2.45) is 11.8 Å². The third kappa shape index (κ3) is 2.06. The van der Waals surface area contributed by atoms with Crippen LogP contribution in [0.1, 0.15) is 36.0 Å². The Hall–Kier alpha value is -1.38. The molecule has 2 fully saturated rings. The van der Waals surface area contributed by atoms with Crippen molar-refractivity contribution < 1.29 is 13.9 Å². The smallest absolute Gasteiger partial charge is 0.338 e. The van der Waals surface area contributed by atoms with Gasteiger partial charge in [-0.2, -0.15) is 0 Å². The van der Waals surface area contributed by atoms with E-state index >= 15 is 0 Å². The number of carbonyl (C=O) groups is 1. The van der Waals surface area contributed by atoms with E-state index in [0.717, 1.165) is 12.3 Å². The highest BCUT2D eigenvalue weighted by atomic mass is 19.1. The van der Waals surface area contributed by atoms with E-state index in [9.17, 15) is 9.18 Å². The Morgan fingerprint density at radius 2 is 1.94 bits per heavy atom. The summed E-state index contributed by atoms with van der Waals surface area (Å²) in [6, 6.07) is 5.53. The van der Waals surface area contributed by atoms with E-state index < -0.39 is 0 Å². The van der Waals surface area contributed by atoms with Crippen LogP contribution >= 0.6 is 0 Å². The van der Waals surface area contributed by atoms with E-state index in [1.807, 2.05) is 0 Å². The topological polar surface area (TPSA) is 26.3 Å². The quantitative estimate of drug-likeness (QED) is 0.735. The van der Waals surface area contributed by atoms with Crippen LogP contribution in [0.3, 0.4) is 0 Å². The zero-order valence-corrected chi connectivity index (χ0v) is 9.56. The molecule has 0 heterocycles. The van der Waals surface area contributed by atoms with E-state index in [-0.39, 0.29) is 17.9 Å². The van der Waals surface area contributed by atoms with Gasteiger partial charge in [0.15, 0.2) is 0 Å². The van der Waals surface area contributed by atoms with E-state index in [4.69, 9.17) is 4.74 Å². The summed E-state index contributed by atoms with van der Waals surface area (Å²) >= 11 is 0. The minimum absolute atomic E-state index is 0.0892. The van der Waals surface area contributed by atoms with E-state index in [1.54, 1.807) is 0 Å². The van der Waals surface area contributed by atoms with Gasteiger partial charge in [0.25, 0.3) is 0 Å². The fourth-order valence-corrected chi connectivity index (χ4v) is 3.12. The maximum Gasteiger partial charge on any atom is 0.338 e. The van der Waals surface area contributed by atoms with Crippen molar-refractivity contribution in [2.45, 2.75) is 31.8 Å². The van der Waals surface area contributed by atoms with Gasteiger partial charge in [0.2, 0.25) is 0 Å². The average molecular weight is 234 g/mol. The molecule has 0 N–H and O–H groups in total. The van der Waals surface area contributed by atoms with Crippen LogP contribution in [0.2, 0.25) is 0 Å². The first kappa shape index (κ1) is 10.8. The molecule has 0 aliphatic heterocycles. The number of halogens is 1. The first-order valence-corrected chi connectivity index (χ1v) is 6.19. The Morgan fingerprint density at radius 3 is 2.53 bits per heavy atom. The van der Waals surface area contributed by atoms with Crippen LogP contribution in [-0.2, 0) is 4.74 Å². The van der Waals surface area contributed by atoms with Gasteiger partial charge in [-0.25, -0.2) is 9.18 Å². The average Bonchev–Trinajstić information content (AvgIpc) is 2.91. The van der Waals surface area contributed by atoms with E-state index in [0.29, 0.717) is 11.5 Å². The lowest BCUT2D eigenvalue weighted by atomic mass is 9.98. The molecular formula is C14H15FO2. The van der Waals surface area contributed by atoms with Gasteiger partial charge in [-0.15, -0.1) is 0 Å². The number of carbonyl (C=O) groups excluding carboxylic acids is 1. The number of esters is 1. The van der Waals surface area contributed by atoms with Crippen LogP contribution in [0.15, 0.2) is 24.3 Å². The van der Waals surface area contributed by atoms with E-state index in [2.05, 4.69) is 0 Å². The molecule has 0 aromatic heterocycles. The van der Waals surface area contributed by atoms with Gasteiger partial charge in [-0.3, -0.25) is 0 Å². The number of fused-ring (bicyclic) bond motifs is 2. The molecule has 0 spiro atoms. The molecule has 1 aromatic carbocycles. The van der Waals surface area contributed by atoms with Crippen molar-refractivity contribution in [1.29, 1.82) is 0 Å². The summed E-state index contributed by atoms with van der Waals surface area (Å²) in [4.78, 5) is 11.8. The van der Waals surface area contributed by atoms with Gasteiger partial charge in [-0.05, 0) is 61.8 Å². The second kappa shape index (κ2) is 4.13. The molecule has 90 valence electrons. The minimum Gasteiger partial charge on any atom is -0.458 e. The van der Waals surface area contributed by atoms with Crippen molar-refractivity contribution in [2.75, 3.05) is 0 Å². The predicted octanol–water partition coefficient (Wildman–Crippen LogP) is 3.17. The number of hydrogen-bond donors (Lipinski definition) is 0. The van der Waals surface area contributed by atoms with Gasteiger partial charge in [0.05, 0.1) is 5.56 Å². The molecule has 1 aromatic rings. The van der Waals surface area contributed by atoms with Crippen molar-refractivity contribution in [3.8, 4) is 0 Å². The van der Waals surface area contributed by atoms with Crippen LogP contribution in [0.4, 0.5) is 4.39 Å². The molecule has 0 radical (unpaired) electrons. The first-order valence-electron chi connectivity index (χ1n) is 6.19. The summed E-state index contributed by atoms with van der Waals surface area (Å²) in [6.07, 6.45) is 4.78. The zero-order valence-electron chi connectivity index (χ0n) is 9.56. The molecule has 3 heteroatoms. The standard InChI is InChI=1S/C14H15FO2/c15-12-5-3-10(4-6-12)14(16)17-13-8-9-1-2-11(13)7-9/h3-6,9,11,13H,1-2,7-8H2. The number of hydrogen-bond acceptors (Lipinski definition) is 2. The maximum absolute atomic E-state index is 12.7. The Labute approximate surface area is 99.8 Å². The summed E-state index contributed by atoms with van der Waals surface area (Å²) in [6.45, 7) is 0. The monoisotopic (exact) mass is 234 g/mol. The predicted molar refractivity (Wildman–Crippen MR) is 61.1 cm³/mol. The Morgan fingerprint density at radius 1 is 1.18 bits per heavy atom. The fraction of sp³-hybridized carbons (Fsp3) is 0.500. The second-order valence-corrected chi connectivity index (χ2v) is 5.13. The highest BCUT2D eigenvalue weighted by Crippen LogP contribution is 2.46. The third-order valence-corrected chi connectivity index (χ3v) is 4.01. The number of ether oxygens (including phenoxy) is 1. The molecule has 2 nitrogen and oxygen atoms in total. The molecule has 3 unspecified atom stereocenters. The minimum atomic E-state index is -0.332. The summed E-state index contributed by atoms with van der Waals surface area (Å²) in [5.74, 6) is 0.666. The summed E-state index contributed by atoms with van der Waals surface area (Å²) in [5, 5.41) is 0. The summed E-state index contributed by atoms with van der Waals surface area (Å²) in [7, 11) is 0. The Bertz CT molecular complexity index is 426. The molecule has 2 aliphatic rings.